The Balaban J connectivity index is 1.43. The van der Waals surface area contributed by atoms with E-state index >= 15 is 0 Å². The Hall–Kier alpha value is -4.64. The van der Waals surface area contributed by atoms with Crippen LogP contribution in [-0.2, 0) is 11.4 Å². The van der Waals surface area contributed by atoms with E-state index in [9.17, 15) is 4.79 Å². The van der Waals surface area contributed by atoms with Crippen molar-refractivity contribution in [3.63, 3.8) is 0 Å². The van der Waals surface area contributed by atoms with Crippen molar-refractivity contribution in [1.29, 1.82) is 0 Å². The predicted octanol–water partition coefficient (Wildman–Crippen LogP) is 3.64. The highest BCUT2D eigenvalue weighted by Gasteiger charge is 2.44. The van der Waals surface area contributed by atoms with Crippen LogP contribution in [0.15, 0.2) is 60.9 Å². The fourth-order valence-corrected chi connectivity index (χ4v) is 4.11. The number of amides is 1. The molecule has 1 amide bonds. The topological polar surface area (TPSA) is 112 Å². The first-order valence-corrected chi connectivity index (χ1v) is 11.6. The molecule has 2 atom stereocenters. The second-order valence-corrected chi connectivity index (χ2v) is 8.52. The number of hydrogen-bond donors (Lipinski definition) is 2. The molecule has 1 aliphatic rings. The van der Waals surface area contributed by atoms with Gasteiger partial charge >= 0.3 is 0 Å². The van der Waals surface area contributed by atoms with E-state index in [0.717, 1.165) is 33.3 Å². The SMILES string of the molecule is CNc1nccc2cc(C3CC3C(N)=O)nc(C#Cc3ccnc(OCc4ccc(OC)cc4)c3)c12. The van der Waals surface area contributed by atoms with Crippen LogP contribution in [0.3, 0.4) is 0 Å². The van der Waals surface area contributed by atoms with Crippen LogP contribution in [0.25, 0.3) is 10.8 Å². The van der Waals surface area contributed by atoms with Crippen LogP contribution in [-0.4, -0.2) is 35.0 Å². The van der Waals surface area contributed by atoms with Crippen molar-refractivity contribution in [2.75, 3.05) is 19.5 Å². The van der Waals surface area contributed by atoms with Gasteiger partial charge in [-0.25, -0.2) is 15.0 Å². The maximum absolute atomic E-state index is 11.6. The summed E-state index contributed by atoms with van der Waals surface area (Å²) < 4.78 is 11.0. The standard InChI is InChI=1S/C28H25N5O3/c1-30-28-26-19(10-12-32-28)14-24(21-15-22(21)27(29)34)33-23(26)8-5-17-9-11-31-25(13-17)36-16-18-3-6-20(35-2)7-4-18/h3-4,6-7,9-14,21-22H,15-16H2,1-2H3,(H2,29,34)(H,30,32). The smallest absolute Gasteiger partial charge is 0.221 e. The molecule has 0 bridgehead atoms. The fourth-order valence-electron chi connectivity index (χ4n) is 4.11. The van der Waals surface area contributed by atoms with E-state index in [0.29, 0.717) is 30.4 Å². The number of ether oxygens (including phenoxy) is 2. The summed E-state index contributed by atoms with van der Waals surface area (Å²) >= 11 is 0. The minimum Gasteiger partial charge on any atom is -0.497 e. The Morgan fingerprint density at radius 1 is 1.11 bits per heavy atom. The van der Waals surface area contributed by atoms with E-state index in [4.69, 9.17) is 20.2 Å². The zero-order valence-corrected chi connectivity index (χ0v) is 20.0. The molecule has 1 fully saturated rings. The molecule has 1 saturated carbocycles. The molecule has 3 heterocycles. The van der Waals surface area contributed by atoms with Crippen molar-refractivity contribution in [3.05, 3.63) is 83.4 Å². The van der Waals surface area contributed by atoms with Gasteiger partial charge in [0.15, 0.2) is 0 Å². The molecule has 5 rings (SSSR count). The number of rotatable bonds is 7. The van der Waals surface area contributed by atoms with Gasteiger partial charge in [-0.3, -0.25) is 4.79 Å². The van der Waals surface area contributed by atoms with Crippen LogP contribution in [0.4, 0.5) is 5.82 Å². The highest BCUT2D eigenvalue weighted by atomic mass is 16.5. The maximum atomic E-state index is 11.6. The molecule has 0 aliphatic heterocycles. The first-order chi connectivity index (χ1) is 17.6. The summed E-state index contributed by atoms with van der Waals surface area (Å²) in [6, 6.07) is 15.2. The summed E-state index contributed by atoms with van der Waals surface area (Å²) in [5, 5.41) is 4.90. The van der Waals surface area contributed by atoms with Gasteiger partial charge in [0, 0.05) is 48.6 Å². The number of carbonyl (C=O) groups is 1. The van der Waals surface area contributed by atoms with Crippen LogP contribution >= 0.6 is 0 Å². The third kappa shape index (κ3) is 4.91. The molecule has 8 heteroatoms. The number of fused-ring (bicyclic) bond motifs is 1. The Kier molecular flexibility index (Phi) is 6.37. The van der Waals surface area contributed by atoms with Gasteiger partial charge in [0.2, 0.25) is 11.8 Å². The molecule has 2 unspecified atom stereocenters. The zero-order valence-electron chi connectivity index (χ0n) is 20.0. The number of methoxy groups -OCH3 is 1. The van der Waals surface area contributed by atoms with Gasteiger partial charge in [-0.05, 0) is 53.6 Å². The van der Waals surface area contributed by atoms with Crippen LogP contribution in [0.2, 0.25) is 0 Å². The fraction of sp³-hybridized carbons (Fsp3) is 0.214. The maximum Gasteiger partial charge on any atom is 0.221 e. The third-order valence-corrected chi connectivity index (χ3v) is 6.14. The average molecular weight is 480 g/mol. The number of hydrogen-bond acceptors (Lipinski definition) is 7. The van der Waals surface area contributed by atoms with Crippen molar-refractivity contribution in [3.8, 4) is 23.5 Å². The number of nitrogens with zero attached hydrogens (tertiary/aromatic N) is 3. The predicted molar refractivity (Wildman–Crippen MR) is 137 cm³/mol. The second kappa shape index (κ2) is 9.92. The Labute approximate surface area is 208 Å². The van der Waals surface area contributed by atoms with Crippen LogP contribution in [0.5, 0.6) is 11.6 Å². The lowest BCUT2D eigenvalue weighted by Crippen LogP contribution is -2.14. The van der Waals surface area contributed by atoms with Gasteiger partial charge in [-0.2, -0.15) is 0 Å². The van der Waals surface area contributed by atoms with Gasteiger partial charge in [-0.15, -0.1) is 0 Å². The molecule has 1 aliphatic carbocycles. The number of pyridine rings is 3. The summed E-state index contributed by atoms with van der Waals surface area (Å²) in [6.45, 7) is 0.377. The third-order valence-electron chi connectivity index (χ3n) is 6.14. The Morgan fingerprint density at radius 3 is 2.64 bits per heavy atom. The average Bonchev–Trinajstić information content (AvgIpc) is 3.72. The molecule has 3 aromatic heterocycles. The van der Waals surface area contributed by atoms with Crippen molar-refractivity contribution in [2.24, 2.45) is 11.7 Å². The molecule has 0 spiro atoms. The summed E-state index contributed by atoms with van der Waals surface area (Å²) in [5.41, 5.74) is 8.66. The van der Waals surface area contributed by atoms with Gasteiger partial charge in [0.1, 0.15) is 23.9 Å². The number of benzene rings is 1. The number of aromatic nitrogens is 3. The van der Waals surface area contributed by atoms with Crippen molar-refractivity contribution >= 4 is 22.5 Å². The molecule has 1 aromatic carbocycles. The lowest BCUT2D eigenvalue weighted by atomic mass is 10.1. The van der Waals surface area contributed by atoms with E-state index in [-0.39, 0.29) is 17.7 Å². The van der Waals surface area contributed by atoms with Crippen LogP contribution in [0.1, 0.15) is 34.9 Å². The lowest BCUT2D eigenvalue weighted by molar-refractivity contribution is -0.119. The number of carbonyl (C=O) groups excluding carboxylic acids is 1. The minimum absolute atomic E-state index is 0.0255. The summed E-state index contributed by atoms with van der Waals surface area (Å²) in [5.74, 6) is 7.91. The normalized spacial score (nSPS) is 16.1. The summed E-state index contributed by atoms with van der Waals surface area (Å²) in [4.78, 5) is 25.2. The van der Waals surface area contributed by atoms with Crippen molar-refractivity contribution < 1.29 is 14.3 Å². The first kappa shape index (κ1) is 23.1. The van der Waals surface area contributed by atoms with E-state index in [2.05, 4.69) is 27.1 Å². The van der Waals surface area contributed by atoms with Gasteiger partial charge in [0.05, 0.1) is 12.5 Å². The highest BCUT2D eigenvalue weighted by molar-refractivity contribution is 5.96. The van der Waals surface area contributed by atoms with E-state index in [1.807, 2.05) is 49.5 Å². The minimum atomic E-state index is -0.292. The number of nitrogens with two attached hydrogens (primary N) is 1. The summed E-state index contributed by atoms with van der Waals surface area (Å²) in [7, 11) is 3.45. The number of primary amides is 1. The van der Waals surface area contributed by atoms with Crippen LogP contribution in [0, 0.1) is 17.8 Å². The molecule has 3 N–H and O–H groups in total. The van der Waals surface area contributed by atoms with E-state index in [1.54, 1.807) is 25.6 Å². The largest absolute Gasteiger partial charge is 0.497 e. The van der Waals surface area contributed by atoms with Gasteiger partial charge in [-0.1, -0.05) is 18.1 Å². The monoisotopic (exact) mass is 479 g/mol. The lowest BCUT2D eigenvalue weighted by Gasteiger charge is -2.09. The molecular formula is C28H25N5O3. The summed E-state index contributed by atoms with van der Waals surface area (Å²) in [6.07, 6.45) is 4.12. The molecule has 0 saturated heterocycles. The molecule has 180 valence electrons. The van der Waals surface area contributed by atoms with Crippen molar-refractivity contribution in [2.45, 2.75) is 18.9 Å². The van der Waals surface area contributed by atoms with Crippen molar-refractivity contribution in [1.82, 2.24) is 15.0 Å². The number of anilines is 1. The van der Waals surface area contributed by atoms with Gasteiger partial charge in [0.25, 0.3) is 0 Å². The highest BCUT2D eigenvalue weighted by Crippen LogP contribution is 2.47. The quantitative estimate of drug-likeness (QED) is 0.389. The molecule has 4 aromatic rings. The Morgan fingerprint density at radius 2 is 1.92 bits per heavy atom. The first-order valence-electron chi connectivity index (χ1n) is 11.6. The van der Waals surface area contributed by atoms with E-state index < -0.39 is 0 Å². The van der Waals surface area contributed by atoms with E-state index in [1.165, 1.54) is 0 Å². The van der Waals surface area contributed by atoms with Gasteiger partial charge < -0.3 is 20.5 Å². The Bertz CT molecular complexity index is 1490. The molecular weight excluding hydrogens is 454 g/mol. The molecule has 8 nitrogen and oxygen atoms in total. The molecule has 36 heavy (non-hydrogen) atoms. The second-order valence-electron chi connectivity index (χ2n) is 8.52. The number of nitrogens with one attached hydrogen (secondary N) is 1. The van der Waals surface area contributed by atoms with Crippen LogP contribution < -0.4 is 20.5 Å². The molecule has 0 radical (unpaired) electrons. The zero-order chi connectivity index (χ0) is 25.1.